The maximum Gasteiger partial charge on any atom is 0.223 e. The number of rotatable bonds is 7. The number of carbonyl (C=O) groups excluding carboxylic acids is 1. The molecule has 2 aromatic rings. The molecule has 1 amide bonds. The first-order chi connectivity index (χ1) is 12.9. The first kappa shape index (κ1) is 19.6. The average Bonchev–Trinajstić information content (AvgIpc) is 3.21. The molecular formula is C22H31N3O2. The molecule has 0 spiro atoms. The molecule has 1 atom stereocenters. The van der Waals surface area contributed by atoms with Crippen molar-refractivity contribution in [3.05, 3.63) is 52.3 Å². The van der Waals surface area contributed by atoms with E-state index in [0.717, 1.165) is 37.3 Å². The van der Waals surface area contributed by atoms with E-state index in [1.165, 1.54) is 16.7 Å². The van der Waals surface area contributed by atoms with Crippen molar-refractivity contribution in [3.8, 4) is 0 Å². The van der Waals surface area contributed by atoms with Crippen LogP contribution in [0.4, 0.5) is 0 Å². The van der Waals surface area contributed by atoms with E-state index in [1.807, 2.05) is 23.6 Å². The Labute approximate surface area is 162 Å². The number of hydrogen-bond donors (Lipinski definition) is 0. The van der Waals surface area contributed by atoms with Crippen LogP contribution in [-0.4, -0.2) is 39.8 Å². The second kappa shape index (κ2) is 8.70. The summed E-state index contributed by atoms with van der Waals surface area (Å²) in [4.78, 5) is 15.0. The number of carbonyl (C=O) groups is 1. The SMILES string of the molecule is Cc1cccc(CN(CC2CCCO2)C(=O)CCc2c(C)nn(C)c2C)c1. The second-order valence-electron chi connectivity index (χ2n) is 7.67. The van der Waals surface area contributed by atoms with Gasteiger partial charge in [-0.2, -0.15) is 5.10 Å². The number of aromatic nitrogens is 2. The second-order valence-corrected chi connectivity index (χ2v) is 7.67. The fourth-order valence-electron chi connectivity index (χ4n) is 3.89. The van der Waals surface area contributed by atoms with E-state index in [1.54, 1.807) is 0 Å². The molecule has 1 unspecified atom stereocenters. The molecule has 3 rings (SSSR count). The number of ether oxygens (including phenoxy) is 1. The molecule has 1 aliphatic heterocycles. The average molecular weight is 370 g/mol. The van der Waals surface area contributed by atoms with Gasteiger partial charge in [0.15, 0.2) is 0 Å². The number of amides is 1. The predicted octanol–water partition coefficient (Wildman–Crippen LogP) is 3.49. The standard InChI is InChI=1S/C22H31N3O2/c1-16-7-5-8-19(13-16)14-25(15-20-9-6-12-27-20)22(26)11-10-21-17(2)23-24(4)18(21)3/h5,7-8,13,20H,6,9-12,14-15H2,1-4H3. The highest BCUT2D eigenvalue weighted by Crippen LogP contribution is 2.19. The van der Waals surface area contributed by atoms with Crippen LogP contribution in [0.2, 0.25) is 0 Å². The van der Waals surface area contributed by atoms with Crippen LogP contribution < -0.4 is 0 Å². The van der Waals surface area contributed by atoms with Crippen LogP contribution in [0, 0.1) is 20.8 Å². The molecule has 146 valence electrons. The van der Waals surface area contributed by atoms with Gasteiger partial charge in [-0.1, -0.05) is 29.8 Å². The van der Waals surface area contributed by atoms with Crippen molar-refractivity contribution >= 4 is 5.91 Å². The van der Waals surface area contributed by atoms with Crippen molar-refractivity contribution < 1.29 is 9.53 Å². The Bertz CT molecular complexity index is 791. The summed E-state index contributed by atoms with van der Waals surface area (Å²) in [6, 6.07) is 8.40. The van der Waals surface area contributed by atoms with E-state index >= 15 is 0 Å². The minimum atomic E-state index is 0.167. The molecule has 5 nitrogen and oxygen atoms in total. The molecular weight excluding hydrogens is 338 g/mol. The van der Waals surface area contributed by atoms with Crippen molar-refractivity contribution in [1.29, 1.82) is 0 Å². The third kappa shape index (κ3) is 4.98. The molecule has 27 heavy (non-hydrogen) atoms. The van der Waals surface area contributed by atoms with Gasteiger partial charge < -0.3 is 9.64 Å². The summed E-state index contributed by atoms with van der Waals surface area (Å²) >= 11 is 0. The fraction of sp³-hybridized carbons (Fsp3) is 0.545. The largest absolute Gasteiger partial charge is 0.376 e. The molecule has 0 bridgehead atoms. The molecule has 0 radical (unpaired) electrons. The lowest BCUT2D eigenvalue weighted by Gasteiger charge is -2.26. The van der Waals surface area contributed by atoms with Crippen molar-refractivity contribution in [1.82, 2.24) is 14.7 Å². The van der Waals surface area contributed by atoms with Gasteiger partial charge in [0.1, 0.15) is 0 Å². The smallest absolute Gasteiger partial charge is 0.223 e. The van der Waals surface area contributed by atoms with Crippen LogP contribution in [0.25, 0.3) is 0 Å². The van der Waals surface area contributed by atoms with Crippen molar-refractivity contribution in [2.75, 3.05) is 13.2 Å². The quantitative estimate of drug-likeness (QED) is 0.751. The normalized spacial score (nSPS) is 16.7. The summed E-state index contributed by atoms with van der Waals surface area (Å²) in [6.07, 6.45) is 3.54. The Morgan fingerprint density at radius 1 is 1.33 bits per heavy atom. The van der Waals surface area contributed by atoms with Gasteiger partial charge in [-0.05, 0) is 51.2 Å². The molecule has 1 fully saturated rings. The lowest BCUT2D eigenvalue weighted by molar-refractivity contribution is -0.133. The van der Waals surface area contributed by atoms with Crippen LogP contribution in [-0.2, 0) is 29.5 Å². The molecule has 0 aliphatic carbocycles. The van der Waals surface area contributed by atoms with Gasteiger partial charge in [0.05, 0.1) is 11.8 Å². The van der Waals surface area contributed by atoms with Crippen molar-refractivity contribution in [2.24, 2.45) is 7.05 Å². The van der Waals surface area contributed by atoms with Crippen molar-refractivity contribution in [2.45, 2.75) is 59.1 Å². The number of aryl methyl sites for hydroxylation is 3. The lowest BCUT2D eigenvalue weighted by atomic mass is 10.1. The van der Waals surface area contributed by atoms with Crippen LogP contribution in [0.1, 0.15) is 47.3 Å². The zero-order valence-corrected chi connectivity index (χ0v) is 17.0. The molecule has 2 heterocycles. The Morgan fingerprint density at radius 3 is 2.78 bits per heavy atom. The molecule has 5 heteroatoms. The van der Waals surface area contributed by atoms with Crippen LogP contribution in [0.3, 0.4) is 0 Å². The van der Waals surface area contributed by atoms with Gasteiger partial charge >= 0.3 is 0 Å². The number of nitrogens with zero attached hydrogens (tertiary/aromatic N) is 3. The van der Waals surface area contributed by atoms with Gasteiger partial charge in [0.2, 0.25) is 5.91 Å². The number of hydrogen-bond acceptors (Lipinski definition) is 3. The predicted molar refractivity (Wildman–Crippen MR) is 107 cm³/mol. The summed E-state index contributed by atoms with van der Waals surface area (Å²) in [7, 11) is 1.95. The van der Waals surface area contributed by atoms with Gasteiger partial charge in [-0.25, -0.2) is 0 Å². The van der Waals surface area contributed by atoms with Gasteiger partial charge in [0.25, 0.3) is 0 Å². The fourth-order valence-corrected chi connectivity index (χ4v) is 3.89. The zero-order valence-electron chi connectivity index (χ0n) is 17.0. The highest BCUT2D eigenvalue weighted by molar-refractivity contribution is 5.76. The number of benzene rings is 1. The first-order valence-corrected chi connectivity index (χ1v) is 9.88. The Balaban J connectivity index is 1.69. The van der Waals surface area contributed by atoms with Crippen LogP contribution >= 0.6 is 0 Å². The third-order valence-corrected chi connectivity index (χ3v) is 5.50. The Hall–Kier alpha value is -2.14. The third-order valence-electron chi connectivity index (χ3n) is 5.50. The maximum atomic E-state index is 13.1. The summed E-state index contributed by atoms with van der Waals surface area (Å²) in [6.45, 7) is 8.30. The van der Waals surface area contributed by atoms with E-state index in [4.69, 9.17) is 4.74 Å². The summed E-state index contributed by atoms with van der Waals surface area (Å²) in [5.41, 5.74) is 5.75. The highest BCUT2D eigenvalue weighted by Gasteiger charge is 2.23. The first-order valence-electron chi connectivity index (χ1n) is 9.88. The summed E-state index contributed by atoms with van der Waals surface area (Å²) in [5.74, 6) is 0.189. The minimum Gasteiger partial charge on any atom is -0.376 e. The van der Waals surface area contributed by atoms with Gasteiger partial charge in [-0.15, -0.1) is 0 Å². The van der Waals surface area contributed by atoms with E-state index in [9.17, 15) is 4.79 Å². The summed E-state index contributed by atoms with van der Waals surface area (Å²) < 4.78 is 7.69. The molecule has 0 N–H and O–H groups in total. The summed E-state index contributed by atoms with van der Waals surface area (Å²) in [5, 5.41) is 4.47. The van der Waals surface area contributed by atoms with E-state index in [-0.39, 0.29) is 12.0 Å². The topological polar surface area (TPSA) is 47.4 Å². The van der Waals surface area contributed by atoms with Gasteiger partial charge in [0, 0.05) is 38.9 Å². The van der Waals surface area contributed by atoms with E-state index < -0.39 is 0 Å². The monoisotopic (exact) mass is 369 g/mol. The molecule has 1 aromatic carbocycles. The van der Waals surface area contributed by atoms with E-state index in [2.05, 4.69) is 43.2 Å². The maximum absolute atomic E-state index is 13.1. The van der Waals surface area contributed by atoms with Gasteiger partial charge in [-0.3, -0.25) is 9.48 Å². The van der Waals surface area contributed by atoms with E-state index in [0.29, 0.717) is 19.5 Å². The Kier molecular flexibility index (Phi) is 6.32. The molecule has 1 aliphatic rings. The van der Waals surface area contributed by atoms with Crippen molar-refractivity contribution in [3.63, 3.8) is 0 Å². The van der Waals surface area contributed by atoms with Crippen LogP contribution in [0.15, 0.2) is 24.3 Å². The molecule has 0 saturated carbocycles. The minimum absolute atomic E-state index is 0.167. The molecule has 1 saturated heterocycles. The Morgan fingerprint density at radius 2 is 2.15 bits per heavy atom. The molecule has 1 aromatic heterocycles. The zero-order chi connectivity index (χ0) is 19.4. The lowest BCUT2D eigenvalue weighted by Crippen LogP contribution is -2.37. The van der Waals surface area contributed by atoms with Crippen LogP contribution in [0.5, 0.6) is 0 Å². The highest BCUT2D eigenvalue weighted by atomic mass is 16.5.